The molecule has 46 heavy (non-hydrogen) atoms. The third-order valence-electron chi connectivity index (χ3n) is 6.32. The van der Waals surface area contributed by atoms with Gasteiger partial charge in [-0.15, -0.1) is 0 Å². The standard InChI is InChI=1S/C30H71NO9Si6/c1-17-26(41-29(37-43(5,6)7)38-44(8,9)10)35-21-24(32)19-31(28(34)23(3)4)20-25(33)22-36-27(18-2)42-30(39-45(11,12)13)40-46(14,15)16/h24-27,29-30,32-33H,3,17-22,41-42H2,1-2,4-16H3. The number of hydrogen-bond donors (Lipinski definition) is 2. The third kappa shape index (κ3) is 24.3. The Hall–Kier alpha value is 0.191. The van der Waals surface area contributed by atoms with Gasteiger partial charge in [-0.1, -0.05) is 20.4 Å². The van der Waals surface area contributed by atoms with Crippen LogP contribution < -0.4 is 0 Å². The van der Waals surface area contributed by atoms with Crippen molar-refractivity contribution in [1.29, 1.82) is 0 Å². The van der Waals surface area contributed by atoms with E-state index in [9.17, 15) is 15.0 Å². The molecule has 0 aliphatic heterocycles. The van der Waals surface area contributed by atoms with E-state index in [4.69, 9.17) is 27.2 Å². The topological polar surface area (TPSA) is 116 Å². The van der Waals surface area contributed by atoms with Crippen molar-refractivity contribution in [1.82, 2.24) is 4.90 Å². The van der Waals surface area contributed by atoms with Gasteiger partial charge in [-0.05, 0) is 98.3 Å². The predicted molar refractivity (Wildman–Crippen MR) is 206 cm³/mol. The van der Waals surface area contributed by atoms with Gasteiger partial charge < -0.3 is 42.3 Å². The van der Waals surface area contributed by atoms with E-state index >= 15 is 0 Å². The Bertz CT molecular complexity index is 800. The molecule has 0 aliphatic rings. The van der Waals surface area contributed by atoms with E-state index in [-0.39, 0.29) is 55.5 Å². The van der Waals surface area contributed by atoms with E-state index in [2.05, 4.69) is 99.0 Å². The number of aliphatic hydroxyl groups is 2. The zero-order chi connectivity index (χ0) is 36.1. The lowest BCUT2D eigenvalue weighted by Crippen LogP contribution is -2.48. The number of ether oxygens (including phenoxy) is 2. The first-order chi connectivity index (χ1) is 20.7. The average Bonchev–Trinajstić information content (AvgIpc) is 2.83. The highest BCUT2D eigenvalue weighted by Crippen LogP contribution is 2.18. The molecule has 0 fully saturated rings. The van der Waals surface area contributed by atoms with Gasteiger partial charge in [0.1, 0.15) is 30.9 Å². The highest BCUT2D eigenvalue weighted by Gasteiger charge is 2.32. The number of rotatable bonds is 25. The number of carbonyl (C=O) groups excluding carboxylic acids is 1. The Morgan fingerprint density at radius 2 is 0.935 bits per heavy atom. The first kappa shape index (κ1) is 46.2. The minimum absolute atomic E-state index is 0.0170. The van der Waals surface area contributed by atoms with Crippen LogP contribution in [0.3, 0.4) is 0 Å². The van der Waals surface area contributed by atoms with Crippen LogP contribution in [0, 0.1) is 0 Å². The third-order valence-corrected chi connectivity index (χ3v) is 15.7. The second-order valence-electron chi connectivity index (χ2n) is 16.3. The number of amides is 1. The quantitative estimate of drug-likeness (QED) is 0.0813. The summed E-state index contributed by atoms with van der Waals surface area (Å²) >= 11 is 0. The number of nitrogens with zero attached hydrogens (tertiary/aromatic N) is 1. The van der Waals surface area contributed by atoms with Gasteiger partial charge in [-0.25, -0.2) is 0 Å². The minimum Gasteiger partial charge on any atom is -0.397 e. The van der Waals surface area contributed by atoms with Crippen molar-refractivity contribution in [2.45, 2.75) is 148 Å². The maximum absolute atomic E-state index is 13.0. The SMILES string of the molecule is C=C(C)C(=O)N(CC(O)COC(CC)[SiH2]C(O[Si](C)(C)C)O[Si](C)(C)C)CC(O)COC(CC)[SiH2]C(O[Si](C)(C)C)O[Si](C)(C)C. The molecular weight excluding hydrogens is 687 g/mol. The molecule has 4 unspecified atom stereocenters. The molecule has 1 amide bonds. The molecule has 0 bridgehead atoms. The first-order valence-corrected chi connectivity index (χ1v) is 33.9. The van der Waals surface area contributed by atoms with Gasteiger partial charge in [-0.2, -0.15) is 0 Å². The Labute approximate surface area is 290 Å². The van der Waals surface area contributed by atoms with Crippen molar-refractivity contribution in [3.05, 3.63) is 12.2 Å². The normalized spacial score (nSPS) is 16.6. The molecule has 0 saturated heterocycles. The molecule has 0 spiro atoms. The summed E-state index contributed by atoms with van der Waals surface area (Å²) in [4.78, 5) is 14.5. The van der Waals surface area contributed by atoms with E-state index in [1.807, 2.05) is 0 Å². The second kappa shape index (κ2) is 20.8. The fraction of sp³-hybridized carbons (Fsp3) is 0.900. The van der Waals surface area contributed by atoms with Crippen LogP contribution in [0.4, 0.5) is 0 Å². The Kier molecular flexibility index (Phi) is 20.9. The largest absolute Gasteiger partial charge is 0.397 e. The molecule has 0 rings (SSSR count). The summed E-state index contributed by atoms with van der Waals surface area (Å²) in [5.74, 6) is -0.752. The average molecular weight is 758 g/mol. The van der Waals surface area contributed by atoms with Crippen LogP contribution >= 0.6 is 0 Å². The lowest BCUT2D eigenvalue weighted by atomic mass is 10.2. The van der Waals surface area contributed by atoms with Gasteiger partial charge in [0.2, 0.25) is 5.91 Å². The van der Waals surface area contributed by atoms with Crippen molar-refractivity contribution in [2.75, 3.05) is 26.3 Å². The van der Waals surface area contributed by atoms with E-state index in [1.54, 1.807) is 6.92 Å². The summed E-state index contributed by atoms with van der Waals surface area (Å²) in [6.45, 7) is 35.7. The first-order valence-electron chi connectivity index (χ1n) is 17.0. The van der Waals surface area contributed by atoms with Gasteiger partial charge >= 0.3 is 0 Å². The molecule has 2 N–H and O–H groups in total. The van der Waals surface area contributed by atoms with Crippen LogP contribution in [0.15, 0.2) is 12.2 Å². The number of hydrogen-bond acceptors (Lipinski definition) is 9. The Morgan fingerprint density at radius 1 is 0.652 bits per heavy atom. The van der Waals surface area contributed by atoms with Crippen LogP contribution in [0.2, 0.25) is 78.6 Å². The molecule has 0 aromatic carbocycles. The minimum atomic E-state index is -1.82. The molecular formula is C30H71NO9Si6. The van der Waals surface area contributed by atoms with Crippen molar-refractivity contribution in [3.63, 3.8) is 0 Å². The summed E-state index contributed by atoms with van der Waals surface area (Å²) in [6, 6.07) is 0. The van der Waals surface area contributed by atoms with Crippen molar-refractivity contribution < 1.29 is 42.2 Å². The predicted octanol–water partition coefficient (Wildman–Crippen LogP) is 3.93. The van der Waals surface area contributed by atoms with Crippen LogP contribution in [0.5, 0.6) is 0 Å². The van der Waals surface area contributed by atoms with Crippen LogP contribution in [0.1, 0.15) is 33.6 Å². The molecule has 16 heteroatoms. The fourth-order valence-electron chi connectivity index (χ4n) is 4.57. The van der Waals surface area contributed by atoms with Crippen LogP contribution in [0.25, 0.3) is 0 Å². The van der Waals surface area contributed by atoms with Gasteiger partial charge in [0.05, 0.1) is 25.4 Å². The van der Waals surface area contributed by atoms with E-state index in [0.717, 1.165) is 12.8 Å². The summed E-state index contributed by atoms with van der Waals surface area (Å²) < 4.78 is 37.9. The zero-order valence-electron chi connectivity index (χ0n) is 32.0. The highest BCUT2D eigenvalue weighted by molar-refractivity contribution is 6.72. The van der Waals surface area contributed by atoms with E-state index in [0.29, 0.717) is 5.57 Å². The van der Waals surface area contributed by atoms with Crippen LogP contribution in [-0.2, 0) is 32.0 Å². The smallest absolute Gasteiger partial charge is 0.249 e. The second-order valence-corrected chi connectivity index (χ2v) is 38.2. The molecule has 274 valence electrons. The van der Waals surface area contributed by atoms with E-state index < -0.39 is 64.5 Å². The molecule has 4 atom stereocenters. The summed E-state index contributed by atoms with van der Waals surface area (Å²) in [5.41, 5.74) is 0.263. The number of aliphatic hydroxyl groups excluding tert-OH is 2. The monoisotopic (exact) mass is 757 g/mol. The molecule has 0 aromatic rings. The zero-order valence-corrected chi connectivity index (χ0v) is 38.9. The van der Waals surface area contributed by atoms with Gasteiger partial charge in [0, 0.05) is 30.1 Å². The lowest BCUT2D eigenvalue weighted by Gasteiger charge is -2.34. The van der Waals surface area contributed by atoms with Crippen LogP contribution in [-0.4, -0.2) is 135 Å². The van der Waals surface area contributed by atoms with Crippen molar-refractivity contribution in [3.8, 4) is 0 Å². The van der Waals surface area contributed by atoms with Crippen molar-refractivity contribution >= 4 is 58.2 Å². The highest BCUT2D eigenvalue weighted by atomic mass is 28.4. The fourth-order valence-corrected chi connectivity index (χ4v) is 17.7. The molecule has 0 saturated carbocycles. The van der Waals surface area contributed by atoms with Crippen molar-refractivity contribution in [2.24, 2.45) is 0 Å². The molecule has 0 radical (unpaired) electrons. The molecule has 0 aromatic heterocycles. The lowest BCUT2D eigenvalue weighted by molar-refractivity contribution is -0.131. The summed E-state index contributed by atoms with van der Waals surface area (Å²) in [5, 5.41) is 21.9. The van der Waals surface area contributed by atoms with E-state index in [1.165, 1.54) is 4.90 Å². The Morgan fingerprint density at radius 3 is 1.15 bits per heavy atom. The maximum atomic E-state index is 13.0. The maximum Gasteiger partial charge on any atom is 0.249 e. The molecule has 0 heterocycles. The molecule has 10 nitrogen and oxygen atoms in total. The molecule has 0 aliphatic carbocycles. The van der Waals surface area contributed by atoms with Gasteiger partial charge in [0.15, 0.2) is 33.3 Å². The Balaban J connectivity index is 5.33. The van der Waals surface area contributed by atoms with Gasteiger partial charge in [-0.3, -0.25) is 4.79 Å². The number of carbonyl (C=O) groups is 1. The van der Waals surface area contributed by atoms with Gasteiger partial charge in [0.25, 0.3) is 0 Å². The summed E-state index contributed by atoms with van der Waals surface area (Å²) in [6.07, 6.45) is -0.275. The summed E-state index contributed by atoms with van der Waals surface area (Å²) in [7, 11) is -9.17.